The Kier molecular flexibility index (Phi) is 10.2. The molecule has 0 unspecified atom stereocenters. The van der Waals surface area contributed by atoms with E-state index in [9.17, 15) is 38.7 Å². The van der Waals surface area contributed by atoms with Crippen LogP contribution in [0.3, 0.4) is 0 Å². The standard InChI is InChI=1S/C44H52O21/c1-12-26(51)29-30-38(9,31(57-20(3)46)25-13-14-55-16-25)32(58-21(4)47)33(59-22(5)48)44-40(18-56-19(2)45)27(15-28(52)54-11)37(8)17-41(40)43(62-24(7)50,35(37)60-23(6)49)36(61-34(29)53)42(30,44)64-39(10,63-41)65-44/h13-14,16,27,30-33,35-36,51H,12,15,17-18H2,1-11H3/b29-26-/t27-,30+,31-,32-,33+,35-,36-,37+,38+,39+,40+,41+,42+,43-,44-/m0/s1. The van der Waals surface area contributed by atoms with E-state index in [0.717, 1.165) is 48.7 Å². The molecule has 65 heavy (non-hydrogen) atoms. The summed E-state index contributed by atoms with van der Waals surface area (Å²) >= 11 is 0. The number of methoxy groups -OCH3 is 1. The van der Waals surface area contributed by atoms with Crippen molar-refractivity contribution < 1.29 is 100.0 Å². The Hall–Kier alpha value is -5.54. The molecule has 1 aromatic heterocycles. The minimum atomic E-state index is -2.64. The maximum Gasteiger partial charge on any atom is 0.338 e. The van der Waals surface area contributed by atoms with E-state index in [2.05, 4.69) is 0 Å². The molecule has 7 aliphatic rings. The molecule has 21 heteroatoms. The molecule has 0 amide bonds. The summed E-state index contributed by atoms with van der Waals surface area (Å²) < 4.78 is 77.0. The molecule has 4 aliphatic carbocycles. The first kappa shape index (κ1) is 46.0. The Balaban J connectivity index is 1.68. The van der Waals surface area contributed by atoms with Crippen LogP contribution in [0.1, 0.15) is 100 Å². The molecule has 1 aromatic rings. The van der Waals surface area contributed by atoms with Gasteiger partial charge in [-0.15, -0.1) is 0 Å². The molecule has 4 heterocycles. The van der Waals surface area contributed by atoms with Crippen LogP contribution in [0.15, 0.2) is 34.3 Å². The van der Waals surface area contributed by atoms with Crippen molar-refractivity contribution in [3.05, 3.63) is 35.5 Å². The van der Waals surface area contributed by atoms with Crippen molar-refractivity contribution in [1.82, 2.24) is 0 Å². The van der Waals surface area contributed by atoms with Gasteiger partial charge in [-0.25, -0.2) is 4.79 Å². The second-order valence-electron chi connectivity index (χ2n) is 18.6. The lowest BCUT2D eigenvalue weighted by molar-refractivity contribution is -0.496. The van der Waals surface area contributed by atoms with Gasteiger partial charge >= 0.3 is 47.8 Å². The third kappa shape index (κ3) is 5.36. The highest BCUT2D eigenvalue weighted by Gasteiger charge is 3.09. The second-order valence-corrected chi connectivity index (χ2v) is 18.6. The zero-order valence-electron chi connectivity index (χ0n) is 37.7. The van der Waals surface area contributed by atoms with Crippen LogP contribution in [-0.4, -0.2) is 119 Å². The first-order valence-corrected chi connectivity index (χ1v) is 21.1. The maximum atomic E-state index is 15.3. The minimum Gasteiger partial charge on any atom is -0.512 e. The monoisotopic (exact) mass is 916 g/mol. The fourth-order valence-electron chi connectivity index (χ4n) is 14.1. The van der Waals surface area contributed by atoms with Crippen LogP contribution in [-0.2, 0) is 90.5 Å². The number of aliphatic hydroxyl groups excluding tert-OH is 1. The van der Waals surface area contributed by atoms with Gasteiger partial charge in [-0.1, -0.05) is 20.8 Å². The predicted molar refractivity (Wildman–Crippen MR) is 208 cm³/mol. The van der Waals surface area contributed by atoms with Gasteiger partial charge < -0.3 is 61.6 Å². The predicted octanol–water partition coefficient (Wildman–Crippen LogP) is 2.90. The highest BCUT2D eigenvalue weighted by atomic mass is 16.9. The van der Waals surface area contributed by atoms with Crippen molar-refractivity contribution in [3.8, 4) is 0 Å². The van der Waals surface area contributed by atoms with E-state index in [-0.39, 0.29) is 18.4 Å². The number of allylic oxidation sites excluding steroid dienone is 1. The summed E-state index contributed by atoms with van der Waals surface area (Å²) in [6.45, 7) is 11.5. The minimum absolute atomic E-state index is 0.108. The molecule has 3 spiro atoms. The number of ether oxygens (including phenoxy) is 11. The molecular weight excluding hydrogens is 864 g/mol. The number of carbonyl (C=O) groups excluding carboxylic acids is 8. The summed E-state index contributed by atoms with van der Waals surface area (Å²) in [4.78, 5) is 111. The summed E-state index contributed by atoms with van der Waals surface area (Å²) in [7, 11) is 1.13. The number of hydrogen-bond acceptors (Lipinski definition) is 21. The Morgan fingerprint density at radius 1 is 0.846 bits per heavy atom. The molecular formula is C44H52O21. The maximum absolute atomic E-state index is 15.3. The van der Waals surface area contributed by atoms with E-state index in [0.29, 0.717) is 0 Å². The zero-order chi connectivity index (χ0) is 47.8. The summed E-state index contributed by atoms with van der Waals surface area (Å²) in [5, 5.41) is 12.2. The lowest BCUT2D eigenvalue weighted by Gasteiger charge is -2.79. The van der Waals surface area contributed by atoms with E-state index >= 15 is 4.79 Å². The van der Waals surface area contributed by atoms with Crippen LogP contribution < -0.4 is 0 Å². The van der Waals surface area contributed by atoms with Crippen LogP contribution in [0, 0.1) is 28.1 Å². The fraction of sp³-hybridized carbons (Fsp3) is 0.682. The van der Waals surface area contributed by atoms with Gasteiger partial charge in [-0.05, 0) is 18.4 Å². The van der Waals surface area contributed by atoms with E-state index in [1.54, 1.807) is 6.92 Å². The molecule has 4 bridgehead atoms. The van der Waals surface area contributed by atoms with Crippen molar-refractivity contribution in [3.63, 3.8) is 0 Å². The van der Waals surface area contributed by atoms with Crippen LogP contribution in [0.25, 0.3) is 0 Å². The van der Waals surface area contributed by atoms with Crippen molar-refractivity contribution in [1.29, 1.82) is 0 Å². The van der Waals surface area contributed by atoms with Gasteiger partial charge in [0.2, 0.25) is 5.60 Å². The lowest BCUT2D eigenvalue weighted by atomic mass is 9.31. The summed E-state index contributed by atoms with van der Waals surface area (Å²) in [5.41, 5.74) is -16.7. The molecule has 0 aromatic carbocycles. The first-order valence-electron chi connectivity index (χ1n) is 21.1. The largest absolute Gasteiger partial charge is 0.512 e. The summed E-state index contributed by atoms with van der Waals surface area (Å²) in [6, 6.07) is 1.43. The topological polar surface area (TPSA) is 271 Å². The molecule has 3 saturated heterocycles. The van der Waals surface area contributed by atoms with Crippen LogP contribution in [0.5, 0.6) is 0 Å². The summed E-state index contributed by atoms with van der Waals surface area (Å²) in [6.07, 6.45) is -8.19. The SMILES string of the molecule is CC/C(O)=C1/C(=O)O[C@@H]2[C@@]3(OC(C)=O)[C@@H](OC(C)=O)[C@]4(C)C[C@]35O[C@]3(C)O[C@]26[C@H]1[C@](C)([C@@H](OC(C)=O)c1ccoc1)[C@@H](OC(C)=O)[C@@H](OC(C)=O)[C@]6(O3)[C@]5(COC(C)=O)[C@H]4CC(=O)OC. The molecule has 1 N–H and O–H groups in total. The van der Waals surface area contributed by atoms with Crippen molar-refractivity contribution in [2.45, 2.75) is 147 Å². The average Bonchev–Trinajstić information content (AvgIpc) is 3.90. The molecule has 354 valence electrons. The van der Waals surface area contributed by atoms with Gasteiger partial charge in [0.25, 0.3) is 5.97 Å². The average molecular weight is 917 g/mol. The third-order valence-corrected chi connectivity index (χ3v) is 15.1. The number of carbonyl (C=O) groups is 8. The Bertz CT molecular complexity index is 2320. The molecule has 3 aliphatic heterocycles. The van der Waals surface area contributed by atoms with Gasteiger partial charge in [-0.2, -0.15) is 0 Å². The van der Waals surface area contributed by atoms with E-state index in [1.165, 1.54) is 39.4 Å². The highest BCUT2D eigenvalue weighted by Crippen LogP contribution is 2.91. The number of rotatable bonds is 12. The Labute approximate surface area is 371 Å². The number of esters is 8. The van der Waals surface area contributed by atoms with Gasteiger partial charge in [0.05, 0.1) is 36.0 Å². The van der Waals surface area contributed by atoms with Gasteiger partial charge in [0.15, 0.2) is 35.6 Å². The Morgan fingerprint density at radius 2 is 1.49 bits per heavy atom. The van der Waals surface area contributed by atoms with Crippen LogP contribution in [0.4, 0.5) is 0 Å². The van der Waals surface area contributed by atoms with Crippen molar-refractivity contribution in [2.24, 2.45) is 28.1 Å². The highest BCUT2D eigenvalue weighted by molar-refractivity contribution is 5.93. The number of furan rings is 1. The van der Waals surface area contributed by atoms with E-state index < -0.39 is 159 Å². The van der Waals surface area contributed by atoms with Crippen LogP contribution >= 0.6 is 0 Å². The molecule has 8 rings (SSSR count). The van der Waals surface area contributed by atoms with Gasteiger partial charge in [0.1, 0.15) is 24.1 Å². The summed E-state index contributed by atoms with van der Waals surface area (Å²) in [5.74, 6) is -14.0. The normalized spacial score (nSPS) is 43.3. The molecule has 21 nitrogen and oxygen atoms in total. The first-order chi connectivity index (χ1) is 30.3. The van der Waals surface area contributed by atoms with Gasteiger partial charge in [-0.3, -0.25) is 33.6 Å². The molecule has 15 atom stereocenters. The van der Waals surface area contributed by atoms with Crippen LogP contribution in [0.2, 0.25) is 0 Å². The van der Waals surface area contributed by atoms with Gasteiger partial charge in [0, 0.05) is 78.2 Å². The number of hydrogen-bond donors (Lipinski definition) is 1. The Morgan fingerprint density at radius 3 is 2.03 bits per heavy atom. The number of aliphatic hydroxyl groups is 1. The van der Waals surface area contributed by atoms with Crippen molar-refractivity contribution >= 4 is 47.8 Å². The molecule has 7 fully saturated rings. The quantitative estimate of drug-likeness (QED) is 0.137. The lowest BCUT2D eigenvalue weighted by Crippen LogP contribution is -2.99. The smallest absolute Gasteiger partial charge is 0.338 e. The van der Waals surface area contributed by atoms with E-state index in [4.69, 9.17) is 56.5 Å². The molecule has 4 saturated carbocycles. The van der Waals surface area contributed by atoms with Crippen molar-refractivity contribution in [2.75, 3.05) is 13.7 Å². The zero-order valence-corrected chi connectivity index (χ0v) is 37.7. The third-order valence-electron chi connectivity index (χ3n) is 15.1. The second kappa shape index (κ2) is 14.5. The molecule has 0 radical (unpaired) electrons. The van der Waals surface area contributed by atoms with E-state index in [1.807, 2.05) is 0 Å². The number of fused-ring (bicyclic) bond motifs is 3. The fourth-order valence-corrected chi connectivity index (χ4v) is 14.1.